The van der Waals surface area contributed by atoms with E-state index in [-0.39, 0.29) is 36.2 Å². The Morgan fingerprint density at radius 3 is 2.92 bits per heavy atom. The first-order valence-corrected chi connectivity index (χ1v) is 10.6. The summed E-state index contributed by atoms with van der Waals surface area (Å²) in [6.07, 6.45) is 6.17. The van der Waals surface area contributed by atoms with Crippen LogP contribution in [0.1, 0.15) is 37.8 Å². The standard InChI is InChI=1S/C16H26N4O4S/c1-3-13(15-5-4-7-24-15)18-16(21)20-6-8-25(22,23)11-14(20)12-9-17-19(2)10-12/h9-10,13-15H,3-8,11H2,1-2H3,(H,18,21)/t13-,14-,15+/m0/s1. The van der Waals surface area contributed by atoms with Gasteiger partial charge in [-0.1, -0.05) is 6.92 Å². The molecule has 1 N–H and O–H groups in total. The number of urea groups is 1. The highest BCUT2D eigenvalue weighted by Gasteiger charge is 2.37. The number of aryl methyl sites for hydroxylation is 1. The van der Waals surface area contributed by atoms with E-state index in [2.05, 4.69) is 10.4 Å². The van der Waals surface area contributed by atoms with Crippen molar-refractivity contribution in [2.45, 2.75) is 44.4 Å². The molecule has 0 aliphatic carbocycles. The van der Waals surface area contributed by atoms with Crippen LogP contribution in [-0.4, -0.2) is 65.9 Å². The number of carbonyl (C=O) groups is 1. The molecule has 25 heavy (non-hydrogen) atoms. The number of carbonyl (C=O) groups excluding carboxylic acids is 1. The Labute approximate surface area is 148 Å². The van der Waals surface area contributed by atoms with Gasteiger partial charge in [0.05, 0.1) is 35.9 Å². The van der Waals surface area contributed by atoms with Gasteiger partial charge in [-0.3, -0.25) is 4.68 Å². The third-order valence-electron chi connectivity index (χ3n) is 4.96. The van der Waals surface area contributed by atoms with Crippen LogP contribution in [0.5, 0.6) is 0 Å². The maximum atomic E-state index is 12.9. The monoisotopic (exact) mass is 370 g/mol. The Morgan fingerprint density at radius 1 is 1.52 bits per heavy atom. The summed E-state index contributed by atoms with van der Waals surface area (Å²) < 4.78 is 31.5. The lowest BCUT2D eigenvalue weighted by molar-refractivity contribution is 0.0757. The quantitative estimate of drug-likeness (QED) is 0.848. The van der Waals surface area contributed by atoms with E-state index in [0.29, 0.717) is 0 Å². The number of rotatable bonds is 4. The van der Waals surface area contributed by atoms with Crippen LogP contribution in [0.25, 0.3) is 0 Å². The van der Waals surface area contributed by atoms with Crippen LogP contribution in [0.4, 0.5) is 4.79 Å². The molecule has 3 rings (SSSR count). The van der Waals surface area contributed by atoms with E-state index in [9.17, 15) is 13.2 Å². The Balaban J connectivity index is 1.76. The normalized spacial score (nSPS) is 27.2. The zero-order valence-corrected chi connectivity index (χ0v) is 15.5. The number of nitrogens with zero attached hydrogens (tertiary/aromatic N) is 3. The second kappa shape index (κ2) is 7.33. The Bertz CT molecular complexity index is 711. The van der Waals surface area contributed by atoms with Crippen molar-refractivity contribution in [2.24, 2.45) is 7.05 Å². The highest BCUT2D eigenvalue weighted by atomic mass is 32.2. The summed E-state index contributed by atoms with van der Waals surface area (Å²) >= 11 is 0. The molecular formula is C16H26N4O4S. The van der Waals surface area contributed by atoms with Gasteiger partial charge in [-0.05, 0) is 19.3 Å². The van der Waals surface area contributed by atoms with Gasteiger partial charge >= 0.3 is 6.03 Å². The lowest BCUT2D eigenvalue weighted by Gasteiger charge is -2.36. The van der Waals surface area contributed by atoms with Crippen molar-refractivity contribution in [3.8, 4) is 0 Å². The summed E-state index contributed by atoms with van der Waals surface area (Å²) in [6, 6.07) is -0.788. The van der Waals surface area contributed by atoms with E-state index in [1.807, 2.05) is 6.92 Å². The van der Waals surface area contributed by atoms with Crippen LogP contribution >= 0.6 is 0 Å². The molecule has 0 saturated carbocycles. The summed E-state index contributed by atoms with van der Waals surface area (Å²) in [7, 11) is -1.40. The van der Waals surface area contributed by atoms with Gasteiger partial charge in [-0.2, -0.15) is 5.10 Å². The minimum atomic E-state index is -3.17. The van der Waals surface area contributed by atoms with Crippen molar-refractivity contribution < 1.29 is 17.9 Å². The average Bonchev–Trinajstić information content (AvgIpc) is 3.23. The molecule has 9 heteroatoms. The topological polar surface area (TPSA) is 93.5 Å². The van der Waals surface area contributed by atoms with Crippen molar-refractivity contribution >= 4 is 15.9 Å². The van der Waals surface area contributed by atoms with Crippen LogP contribution in [0, 0.1) is 0 Å². The Kier molecular flexibility index (Phi) is 5.33. The third-order valence-corrected chi connectivity index (χ3v) is 6.59. The lowest BCUT2D eigenvalue weighted by atomic mass is 10.1. The predicted octanol–water partition coefficient (Wildman–Crippen LogP) is 0.859. The number of amides is 2. The Morgan fingerprint density at radius 2 is 2.32 bits per heavy atom. The van der Waals surface area contributed by atoms with E-state index >= 15 is 0 Å². The molecule has 1 aromatic heterocycles. The van der Waals surface area contributed by atoms with Crippen molar-refractivity contribution in [3.05, 3.63) is 18.0 Å². The van der Waals surface area contributed by atoms with Crippen molar-refractivity contribution in [1.29, 1.82) is 0 Å². The number of sulfone groups is 1. The molecular weight excluding hydrogens is 344 g/mol. The molecule has 2 aliphatic rings. The van der Waals surface area contributed by atoms with E-state index < -0.39 is 15.9 Å². The zero-order valence-electron chi connectivity index (χ0n) is 14.7. The smallest absolute Gasteiger partial charge is 0.318 e. The van der Waals surface area contributed by atoms with Crippen LogP contribution < -0.4 is 5.32 Å². The molecule has 0 radical (unpaired) electrons. The zero-order chi connectivity index (χ0) is 18.0. The van der Waals surface area contributed by atoms with Crippen LogP contribution in [0.3, 0.4) is 0 Å². The van der Waals surface area contributed by atoms with E-state index in [1.165, 1.54) is 0 Å². The maximum Gasteiger partial charge on any atom is 0.318 e. The SMILES string of the molecule is CC[C@H](NC(=O)N1CCS(=O)(=O)C[C@H]1c1cnn(C)c1)[C@H]1CCCO1. The third kappa shape index (κ3) is 4.14. The fourth-order valence-electron chi connectivity index (χ4n) is 3.56. The summed E-state index contributed by atoms with van der Waals surface area (Å²) in [4.78, 5) is 14.5. The van der Waals surface area contributed by atoms with E-state index in [1.54, 1.807) is 29.0 Å². The number of hydrogen-bond acceptors (Lipinski definition) is 5. The molecule has 1 aromatic rings. The molecule has 0 aromatic carbocycles. The summed E-state index contributed by atoms with van der Waals surface area (Å²) in [5.74, 6) is -0.0727. The highest BCUT2D eigenvalue weighted by molar-refractivity contribution is 7.91. The molecule has 0 unspecified atom stereocenters. The summed E-state index contributed by atoms with van der Waals surface area (Å²) in [5.41, 5.74) is 0.742. The number of ether oxygens (including phenoxy) is 1. The highest BCUT2D eigenvalue weighted by Crippen LogP contribution is 2.27. The first-order chi connectivity index (χ1) is 11.9. The van der Waals surface area contributed by atoms with Gasteiger partial charge in [0.25, 0.3) is 0 Å². The average molecular weight is 370 g/mol. The van der Waals surface area contributed by atoms with Gasteiger partial charge in [0.15, 0.2) is 9.84 Å². The van der Waals surface area contributed by atoms with E-state index in [0.717, 1.165) is 31.4 Å². The summed E-state index contributed by atoms with van der Waals surface area (Å²) in [6.45, 7) is 2.94. The van der Waals surface area contributed by atoms with Crippen LogP contribution in [0.2, 0.25) is 0 Å². The predicted molar refractivity (Wildman–Crippen MR) is 92.9 cm³/mol. The molecule has 8 nitrogen and oxygen atoms in total. The van der Waals surface area contributed by atoms with Crippen molar-refractivity contribution in [3.63, 3.8) is 0 Å². The molecule has 3 atom stereocenters. The molecule has 2 aliphatic heterocycles. The first kappa shape index (κ1) is 18.2. The molecule has 3 heterocycles. The first-order valence-electron chi connectivity index (χ1n) is 8.77. The molecule has 2 amide bonds. The fourth-order valence-corrected chi connectivity index (χ4v) is 5.05. The second-order valence-corrected chi connectivity index (χ2v) is 9.02. The maximum absolute atomic E-state index is 12.9. The Hall–Kier alpha value is -1.61. The molecule has 2 saturated heterocycles. The molecule has 2 fully saturated rings. The van der Waals surface area contributed by atoms with Crippen molar-refractivity contribution in [1.82, 2.24) is 20.0 Å². The molecule has 140 valence electrons. The van der Waals surface area contributed by atoms with Crippen LogP contribution in [-0.2, 0) is 21.6 Å². The van der Waals surface area contributed by atoms with Gasteiger partial charge in [-0.15, -0.1) is 0 Å². The van der Waals surface area contributed by atoms with Crippen molar-refractivity contribution in [2.75, 3.05) is 24.7 Å². The van der Waals surface area contributed by atoms with E-state index in [4.69, 9.17) is 4.74 Å². The summed E-state index contributed by atoms with van der Waals surface area (Å²) in [5, 5.41) is 7.17. The van der Waals surface area contributed by atoms with Crippen LogP contribution in [0.15, 0.2) is 12.4 Å². The van der Waals surface area contributed by atoms with Gasteiger partial charge in [0.1, 0.15) is 0 Å². The van der Waals surface area contributed by atoms with Gasteiger partial charge in [0.2, 0.25) is 0 Å². The molecule has 0 spiro atoms. The lowest BCUT2D eigenvalue weighted by Crippen LogP contribution is -2.54. The van der Waals surface area contributed by atoms with Gasteiger partial charge < -0.3 is 15.0 Å². The number of nitrogens with one attached hydrogen (secondary N) is 1. The number of aromatic nitrogens is 2. The minimum absolute atomic E-state index is 0.00605. The van der Waals surface area contributed by atoms with Gasteiger partial charge in [-0.25, -0.2) is 13.2 Å². The largest absolute Gasteiger partial charge is 0.376 e. The van der Waals surface area contributed by atoms with Gasteiger partial charge in [0, 0.05) is 32.0 Å². The second-order valence-electron chi connectivity index (χ2n) is 6.79. The fraction of sp³-hybridized carbons (Fsp3) is 0.750. The minimum Gasteiger partial charge on any atom is -0.376 e. The molecule has 0 bridgehead atoms. The number of hydrogen-bond donors (Lipinski definition) is 1.